The van der Waals surface area contributed by atoms with E-state index in [4.69, 9.17) is 0 Å². The van der Waals surface area contributed by atoms with Crippen LogP contribution in [0.1, 0.15) is 53.4 Å². The Morgan fingerprint density at radius 1 is 1.20 bits per heavy atom. The van der Waals surface area contributed by atoms with Crippen LogP contribution < -0.4 is 0 Å². The van der Waals surface area contributed by atoms with Crippen molar-refractivity contribution in [1.82, 2.24) is 0 Å². The molecule has 0 aromatic carbocycles. The molecule has 0 aliphatic carbocycles. The zero-order chi connectivity index (χ0) is 12.1. The van der Waals surface area contributed by atoms with Gasteiger partial charge in [0, 0.05) is 0 Å². The Hall–Kier alpha value is -0.570. The molecule has 0 aromatic heterocycles. The van der Waals surface area contributed by atoms with Gasteiger partial charge in [-0.15, -0.1) is 0 Å². The molecule has 3 nitrogen and oxygen atoms in total. The molecule has 0 aliphatic heterocycles. The molecule has 0 radical (unpaired) electrons. The second-order valence-corrected chi connectivity index (χ2v) is 4.66. The molecule has 90 valence electrons. The summed E-state index contributed by atoms with van der Waals surface area (Å²) in [5.74, 6) is -1.57. The SMILES string of the molecule is CCCC(O)(CCC)C(C(=O)O)C(C)C. The first kappa shape index (κ1) is 14.4. The van der Waals surface area contributed by atoms with Crippen molar-refractivity contribution in [2.24, 2.45) is 11.8 Å². The van der Waals surface area contributed by atoms with Crippen LogP contribution in [0.25, 0.3) is 0 Å². The van der Waals surface area contributed by atoms with E-state index in [1.165, 1.54) is 0 Å². The van der Waals surface area contributed by atoms with E-state index in [9.17, 15) is 15.0 Å². The van der Waals surface area contributed by atoms with Crippen molar-refractivity contribution in [3.8, 4) is 0 Å². The second kappa shape index (κ2) is 6.11. The number of hydrogen-bond donors (Lipinski definition) is 2. The van der Waals surface area contributed by atoms with E-state index in [1.54, 1.807) is 0 Å². The lowest BCUT2D eigenvalue weighted by Gasteiger charge is -2.35. The number of hydrogen-bond acceptors (Lipinski definition) is 2. The van der Waals surface area contributed by atoms with E-state index >= 15 is 0 Å². The molecule has 3 heteroatoms. The van der Waals surface area contributed by atoms with Gasteiger partial charge in [-0.25, -0.2) is 0 Å². The summed E-state index contributed by atoms with van der Waals surface area (Å²) in [5.41, 5.74) is -1.04. The Bertz CT molecular complexity index is 193. The van der Waals surface area contributed by atoms with Crippen LogP contribution in [0.2, 0.25) is 0 Å². The minimum atomic E-state index is -1.04. The maximum Gasteiger partial charge on any atom is 0.309 e. The van der Waals surface area contributed by atoms with Crippen molar-refractivity contribution in [3.05, 3.63) is 0 Å². The Kier molecular flexibility index (Phi) is 5.88. The van der Waals surface area contributed by atoms with Gasteiger partial charge in [0.25, 0.3) is 0 Å². The van der Waals surface area contributed by atoms with Crippen molar-refractivity contribution in [3.63, 3.8) is 0 Å². The number of aliphatic hydroxyl groups is 1. The molecule has 0 aromatic rings. The van der Waals surface area contributed by atoms with Gasteiger partial charge >= 0.3 is 5.97 Å². The lowest BCUT2D eigenvalue weighted by molar-refractivity contribution is -0.157. The zero-order valence-electron chi connectivity index (χ0n) is 10.3. The predicted octanol–water partition coefficient (Wildman–Crippen LogP) is 2.67. The smallest absolute Gasteiger partial charge is 0.309 e. The monoisotopic (exact) mass is 216 g/mol. The van der Waals surface area contributed by atoms with Gasteiger partial charge in [0.1, 0.15) is 0 Å². The summed E-state index contributed by atoms with van der Waals surface area (Å²) in [6.07, 6.45) is 2.76. The van der Waals surface area contributed by atoms with Crippen LogP contribution in [0, 0.1) is 11.8 Å². The first-order valence-electron chi connectivity index (χ1n) is 5.84. The normalized spacial score (nSPS) is 14.3. The summed E-state index contributed by atoms with van der Waals surface area (Å²) in [6, 6.07) is 0. The number of carboxylic acids is 1. The number of rotatable bonds is 7. The molecular weight excluding hydrogens is 192 g/mol. The third-order valence-corrected chi connectivity index (χ3v) is 2.88. The minimum Gasteiger partial charge on any atom is -0.481 e. The molecule has 2 N–H and O–H groups in total. The van der Waals surface area contributed by atoms with Gasteiger partial charge in [-0.3, -0.25) is 4.79 Å². The van der Waals surface area contributed by atoms with Crippen LogP contribution >= 0.6 is 0 Å². The third-order valence-electron chi connectivity index (χ3n) is 2.88. The van der Waals surface area contributed by atoms with E-state index < -0.39 is 17.5 Å². The molecule has 0 heterocycles. The highest BCUT2D eigenvalue weighted by atomic mass is 16.4. The molecule has 0 rings (SSSR count). The van der Waals surface area contributed by atoms with Crippen LogP contribution in [-0.2, 0) is 4.79 Å². The first-order valence-corrected chi connectivity index (χ1v) is 5.84. The van der Waals surface area contributed by atoms with Crippen molar-refractivity contribution in [1.29, 1.82) is 0 Å². The molecule has 0 saturated carbocycles. The average Bonchev–Trinajstić information content (AvgIpc) is 2.02. The molecule has 0 bridgehead atoms. The van der Waals surface area contributed by atoms with E-state index in [1.807, 2.05) is 27.7 Å². The van der Waals surface area contributed by atoms with Crippen molar-refractivity contribution in [2.75, 3.05) is 0 Å². The first-order chi connectivity index (χ1) is 6.89. The lowest BCUT2D eigenvalue weighted by atomic mass is 9.74. The van der Waals surface area contributed by atoms with Crippen LogP contribution in [0.4, 0.5) is 0 Å². The average molecular weight is 216 g/mol. The van der Waals surface area contributed by atoms with E-state index in [2.05, 4.69) is 0 Å². The van der Waals surface area contributed by atoms with Gasteiger partial charge in [-0.1, -0.05) is 40.5 Å². The standard InChI is InChI=1S/C12H24O3/c1-5-7-12(15,8-6-2)10(9(3)4)11(13)14/h9-10,15H,5-8H2,1-4H3,(H,13,14). The Labute approximate surface area is 92.5 Å². The van der Waals surface area contributed by atoms with Gasteiger partial charge < -0.3 is 10.2 Å². The van der Waals surface area contributed by atoms with Crippen LogP contribution in [-0.4, -0.2) is 21.8 Å². The van der Waals surface area contributed by atoms with Gasteiger partial charge in [-0.05, 0) is 18.8 Å². The fraction of sp³-hybridized carbons (Fsp3) is 0.917. The third kappa shape index (κ3) is 3.82. The zero-order valence-corrected chi connectivity index (χ0v) is 10.3. The van der Waals surface area contributed by atoms with Gasteiger partial charge in [0.15, 0.2) is 0 Å². The molecule has 0 saturated heterocycles. The number of aliphatic carboxylic acids is 1. The van der Waals surface area contributed by atoms with Gasteiger partial charge in [-0.2, -0.15) is 0 Å². The summed E-state index contributed by atoms with van der Waals surface area (Å²) < 4.78 is 0. The van der Waals surface area contributed by atoms with E-state index in [-0.39, 0.29) is 5.92 Å². The second-order valence-electron chi connectivity index (χ2n) is 4.66. The van der Waals surface area contributed by atoms with Crippen molar-refractivity contribution in [2.45, 2.75) is 59.0 Å². The summed E-state index contributed by atoms with van der Waals surface area (Å²) >= 11 is 0. The highest BCUT2D eigenvalue weighted by Crippen LogP contribution is 2.33. The summed E-state index contributed by atoms with van der Waals surface area (Å²) in [7, 11) is 0. The number of carboxylic acid groups (broad SMARTS) is 1. The fourth-order valence-corrected chi connectivity index (χ4v) is 2.44. The van der Waals surface area contributed by atoms with Crippen LogP contribution in [0.15, 0.2) is 0 Å². The topological polar surface area (TPSA) is 57.5 Å². The fourth-order valence-electron chi connectivity index (χ4n) is 2.44. The van der Waals surface area contributed by atoms with Crippen LogP contribution in [0.5, 0.6) is 0 Å². The largest absolute Gasteiger partial charge is 0.481 e. The highest BCUT2D eigenvalue weighted by Gasteiger charge is 2.41. The molecule has 0 amide bonds. The van der Waals surface area contributed by atoms with E-state index in [0.29, 0.717) is 12.8 Å². The molecule has 0 aliphatic rings. The Morgan fingerprint density at radius 3 is 1.80 bits per heavy atom. The molecule has 1 unspecified atom stereocenters. The summed E-state index contributed by atoms with van der Waals surface area (Å²) in [4.78, 5) is 11.2. The molecular formula is C12H24O3. The van der Waals surface area contributed by atoms with Crippen molar-refractivity contribution < 1.29 is 15.0 Å². The molecule has 15 heavy (non-hydrogen) atoms. The van der Waals surface area contributed by atoms with E-state index in [0.717, 1.165) is 12.8 Å². The van der Waals surface area contributed by atoms with Gasteiger partial charge in [0.2, 0.25) is 0 Å². The molecule has 0 fully saturated rings. The maximum absolute atomic E-state index is 11.2. The summed E-state index contributed by atoms with van der Waals surface area (Å²) in [6.45, 7) is 7.66. The lowest BCUT2D eigenvalue weighted by Crippen LogP contribution is -2.45. The Balaban J connectivity index is 4.90. The quantitative estimate of drug-likeness (QED) is 0.688. The minimum absolute atomic E-state index is 0.0365. The highest BCUT2D eigenvalue weighted by molar-refractivity contribution is 5.71. The summed E-state index contributed by atoms with van der Waals surface area (Å²) in [5, 5.41) is 19.6. The molecule has 1 atom stereocenters. The maximum atomic E-state index is 11.2. The Morgan fingerprint density at radius 2 is 1.60 bits per heavy atom. The number of carbonyl (C=O) groups is 1. The van der Waals surface area contributed by atoms with Crippen LogP contribution in [0.3, 0.4) is 0 Å². The molecule has 0 spiro atoms. The van der Waals surface area contributed by atoms with Crippen molar-refractivity contribution >= 4 is 5.97 Å². The van der Waals surface area contributed by atoms with Gasteiger partial charge in [0.05, 0.1) is 11.5 Å². The predicted molar refractivity (Wildman–Crippen MR) is 60.7 cm³/mol.